The van der Waals surface area contributed by atoms with Crippen molar-refractivity contribution in [3.8, 4) is 0 Å². The number of nitrogen functional groups attached to an aromatic ring is 1. The lowest BCUT2D eigenvalue weighted by Crippen LogP contribution is -2.03. The van der Waals surface area contributed by atoms with Gasteiger partial charge in [-0.25, -0.2) is 4.39 Å². The van der Waals surface area contributed by atoms with Crippen molar-refractivity contribution in [3.05, 3.63) is 64.4 Å². The number of hydrogen-bond donors (Lipinski definition) is 2. The minimum absolute atomic E-state index is 0.307. The number of hydrogen-bond acceptors (Lipinski definition) is 2. The molecule has 18 heavy (non-hydrogen) atoms. The first-order valence-corrected chi connectivity index (χ1v) is 5.91. The number of aliphatic hydroxyl groups excluding tert-OH is 1. The van der Waals surface area contributed by atoms with Gasteiger partial charge in [-0.1, -0.05) is 29.8 Å². The maximum Gasteiger partial charge on any atom is 0.123 e. The lowest BCUT2D eigenvalue weighted by molar-refractivity contribution is 0.178. The Balaban J connectivity index is 2.19. The van der Waals surface area contributed by atoms with Crippen LogP contribution in [0.3, 0.4) is 0 Å². The quantitative estimate of drug-likeness (QED) is 0.836. The maximum atomic E-state index is 13.0. The molecule has 2 aromatic rings. The fourth-order valence-corrected chi connectivity index (χ4v) is 2.13. The van der Waals surface area contributed by atoms with E-state index in [0.717, 1.165) is 5.56 Å². The van der Waals surface area contributed by atoms with Gasteiger partial charge in [0, 0.05) is 17.1 Å². The molecule has 2 aromatic carbocycles. The van der Waals surface area contributed by atoms with Gasteiger partial charge in [-0.05, 0) is 35.4 Å². The standard InChI is InChI=1S/C14H13ClFNO/c15-13-8-11(17)4-5-12(13)14(18)7-9-2-1-3-10(16)6-9/h1-6,8,14,18H,7,17H2. The summed E-state index contributed by atoms with van der Waals surface area (Å²) in [6.07, 6.45) is -0.471. The topological polar surface area (TPSA) is 46.2 Å². The summed E-state index contributed by atoms with van der Waals surface area (Å²) in [6.45, 7) is 0. The summed E-state index contributed by atoms with van der Waals surface area (Å²) in [4.78, 5) is 0. The lowest BCUT2D eigenvalue weighted by Gasteiger charge is -2.13. The van der Waals surface area contributed by atoms with E-state index in [1.807, 2.05) is 0 Å². The van der Waals surface area contributed by atoms with E-state index in [4.69, 9.17) is 17.3 Å². The zero-order chi connectivity index (χ0) is 13.1. The Hall–Kier alpha value is -1.58. The summed E-state index contributed by atoms with van der Waals surface area (Å²) in [5.74, 6) is -0.317. The summed E-state index contributed by atoms with van der Waals surface area (Å²) < 4.78 is 13.0. The van der Waals surface area contributed by atoms with Gasteiger partial charge >= 0.3 is 0 Å². The third-order valence-electron chi connectivity index (χ3n) is 2.70. The van der Waals surface area contributed by atoms with Crippen molar-refractivity contribution in [3.63, 3.8) is 0 Å². The molecule has 0 bridgehead atoms. The van der Waals surface area contributed by atoms with E-state index in [1.165, 1.54) is 12.1 Å². The van der Waals surface area contributed by atoms with E-state index in [-0.39, 0.29) is 5.82 Å². The molecule has 94 valence electrons. The van der Waals surface area contributed by atoms with Gasteiger partial charge in [-0.2, -0.15) is 0 Å². The average Bonchev–Trinajstić information content (AvgIpc) is 2.28. The van der Waals surface area contributed by atoms with Crippen molar-refractivity contribution in [2.75, 3.05) is 5.73 Å². The van der Waals surface area contributed by atoms with Gasteiger partial charge in [-0.15, -0.1) is 0 Å². The molecule has 0 aliphatic carbocycles. The molecule has 0 radical (unpaired) electrons. The van der Waals surface area contributed by atoms with E-state index in [9.17, 15) is 9.50 Å². The van der Waals surface area contributed by atoms with Crippen LogP contribution >= 0.6 is 11.6 Å². The molecule has 1 unspecified atom stereocenters. The zero-order valence-electron chi connectivity index (χ0n) is 9.61. The van der Waals surface area contributed by atoms with Crippen LogP contribution < -0.4 is 5.73 Å². The Kier molecular flexibility index (Phi) is 3.84. The Labute approximate surface area is 110 Å². The van der Waals surface area contributed by atoms with E-state index in [2.05, 4.69) is 0 Å². The van der Waals surface area contributed by atoms with Gasteiger partial charge in [-0.3, -0.25) is 0 Å². The predicted molar refractivity (Wildman–Crippen MR) is 70.9 cm³/mol. The molecule has 2 rings (SSSR count). The summed E-state index contributed by atoms with van der Waals surface area (Å²) >= 11 is 6.01. The van der Waals surface area contributed by atoms with Gasteiger partial charge in [0.15, 0.2) is 0 Å². The van der Waals surface area contributed by atoms with Crippen LogP contribution in [-0.4, -0.2) is 5.11 Å². The van der Waals surface area contributed by atoms with Gasteiger partial charge < -0.3 is 10.8 Å². The first-order valence-electron chi connectivity index (χ1n) is 5.53. The zero-order valence-corrected chi connectivity index (χ0v) is 10.4. The first-order chi connectivity index (χ1) is 8.56. The number of nitrogens with two attached hydrogens (primary N) is 1. The van der Waals surface area contributed by atoms with Crippen LogP contribution in [0, 0.1) is 5.82 Å². The molecule has 0 saturated heterocycles. The SMILES string of the molecule is Nc1ccc(C(O)Cc2cccc(F)c2)c(Cl)c1. The predicted octanol–water partition coefficient (Wildman–Crippen LogP) is 3.34. The summed E-state index contributed by atoms with van der Waals surface area (Å²) in [5.41, 5.74) is 7.44. The maximum absolute atomic E-state index is 13.0. The van der Waals surface area contributed by atoms with Crippen molar-refractivity contribution in [1.82, 2.24) is 0 Å². The Bertz CT molecular complexity index is 559. The van der Waals surface area contributed by atoms with Gasteiger partial charge in [0.1, 0.15) is 5.82 Å². The Morgan fingerprint density at radius 3 is 2.67 bits per heavy atom. The second-order valence-electron chi connectivity index (χ2n) is 4.13. The van der Waals surface area contributed by atoms with Gasteiger partial charge in [0.05, 0.1) is 6.10 Å². The van der Waals surface area contributed by atoms with Crippen LogP contribution in [-0.2, 0) is 6.42 Å². The van der Waals surface area contributed by atoms with Crippen LogP contribution in [0.15, 0.2) is 42.5 Å². The number of halogens is 2. The van der Waals surface area contributed by atoms with E-state index >= 15 is 0 Å². The molecule has 0 spiro atoms. The molecule has 0 fully saturated rings. The van der Waals surface area contributed by atoms with Crippen molar-refractivity contribution in [2.24, 2.45) is 0 Å². The second kappa shape index (κ2) is 5.38. The molecule has 0 saturated carbocycles. The van der Waals surface area contributed by atoms with Crippen molar-refractivity contribution >= 4 is 17.3 Å². The molecule has 4 heteroatoms. The summed E-state index contributed by atoms with van der Waals surface area (Å²) in [7, 11) is 0. The molecule has 3 N–H and O–H groups in total. The minimum atomic E-state index is -0.778. The second-order valence-corrected chi connectivity index (χ2v) is 4.54. The molecule has 0 aliphatic rings. The third-order valence-corrected chi connectivity index (χ3v) is 3.03. The average molecular weight is 266 g/mol. The Morgan fingerprint density at radius 1 is 1.22 bits per heavy atom. The fraction of sp³-hybridized carbons (Fsp3) is 0.143. The lowest BCUT2D eigenvalue weighted by atomic mass is 10.0. The number of rotatable bonds is 3. The molecule has 1 atom stereocenters. The number of benzene rings is 2. The normalized spacial score (nSPS) is 12.4. The molecule has 0 amide bonds. The van der Waals surface area contributed by atoms with Crippen LogP contribution in [0.5, 0.6) is 0 Å². The van der Waals surface area contributed by atoms with Gasteiger partial charge in [0.25, 0.3) is 0 Å². The first kappa shape index (κ1) is 12.9. The van der Waals surface area contributed by atoms with Crippen LogP contribution in [0.25, 0.3) is 0 Å². The molecule has 0 aliphatic heterocycles. The van der Waals surface area contributed by atoms with Crippen LogP contribution in [0.2, 0.25) is 5.02 Å². The molecule has 0 heterocycles. The monoisotopic (exact) mass is 265 g/mol. The highest BCUT2D eigenvalue weighted by Crippen LogP contribution is 2.27. The highest BCUT2D eigenvalue weighted by molar-refractivity contribution is 6.31. The smallest absolute Gasteiger partial charge is 0.123 e. The van der Waals surface area contributed by atoms with Crippen LogP contribution in [0.1, 0.15) is 17.2 Å². The Morgan fingerprint density at radius 2 is 2.00 bits per heavy atom. The van der Waals surface area contributed by atoms with E-state index in [0.29, 0.717) is 22.7 Å². The highest BCUT2D eigenvalue weighted by Gasteiger charge is 2.12. The van der Waals surface area contributed by atoms with Crippen molar-refractivity contribution in [2.45, 2.75) is 12.5 Å². The van der Waals surface area contributed by atoms with Crippen LogP contribution in [0.4, 0.5) is 10.1 Å². The third kappa shape index (κ3) is 3.00. The molecular weight excluding hydrogens is 253 g/mol. The van der Waals surface area contributed by atoms with Gasteiger partial charge in [0.2, 0.25) is 0 Å². The summed E-state index contributed by atoms with van der Waals surface area (Å²) in [6, 6.07) is 11.1. The molecule has 2 nitrogen and oxygen atoms in total. The van der Waals surface area contributed by atoms with Crippen molar-refractivity contribution in [1.29, 1.82) is 0 Å². The van der Waals surface area contributed by atoms with Crippen molar-refractivity contribution < 1.29 is 9.50 Å². The fourth-order valence-electron chi connectivity index (χ4n) is 1.81. The highest BCUT2D eigenvalue weighted by atomic mass is 35.5. The minimum Gasteiger partial charge on any atom is -0.399 e. The molecular formula is C14H13ClFNO. The van der Waals surface area contributed by atoms with E-state index in [1.54, 1.807) is 30.3 Å². The largest absolute Gasteiger partial charge is 0.399 e. The summed E-state index contributed by atoms with van der Waals surface area (Å²) in [5, 5.41) is 10.5. The number of anilines is 1. The van der Waals surface area contributed by atoms with E-state index < -0.39 is 6.10 Å². The number of aliphatic hydroxyl groups is 1. The molecule has 0 aromatic heterocycles.